The van der Waals surface area contributed by atoms with Gasteiger partial charge in [-0.05, 0) is 31.3 Å². The Morgan fingerprint density at radius 3 is 2.31 bits per heavy atom. The molecule has 0 N–H and O–H groups in total. The van der Waals surface area contributed by atoms with Crippen molar-refractivity contribution in [1.29, 1.82) is 0 Å². The molecule has 11 heteroatoms. The van der Waals surface area contributed by atoms with Gasteiger partial charge in [0.1, 0.15) is 22.9 Å². The Hall–Kier alpha value is -3.73. The van der Waals surface area contributed by atoms with Gasteiger partial charge in [-0.2, -0.15) is 4.98 Å². The van der Waals surface area contributed by atoms with Gasteiger partial charge in [0.05, 0.1) is 17.8 Å². The van der Waals surface area contributed by atoms with Gasteiger partial charge in [-0.15, -0.1) is 0 Å². The van der Waals surface area contributed by atoms with Crippen LogP contribution >= 0.6 is 0 Å². The molecule has 0 saturated carbocycles. The molecular weight excluding hydrogens is 478 g/mol. The van der Waals surface area contributed by atoms with E-state index in [0.717, 1.165) is 37.4 Å². The van der Waals surface area contributed by atoms with Gasteiger partial charge in [-0.3, -0.25) is 4.79 Å². The molecule has 2 aromatic carbocycles. The quantitative estimate of drug-likeness (QED) is 0.508. The van der Waals surface area contributed by atoms with Crippen molar-refractivity contribution in [2.75, 3.05) is 44.7 Å². The first kappa shape index (κ1) is 24.0. The third kappa shape index (κ3) is 4.70. The fourth-order valence-electron chi connectivity index (χ4n) is 4.29. The number of carbonyl (C=O) groups is 1. The van der Waals surface area contributed by atoms with Crippen LogP contribution in [-0.2, 0) is 13.0 Å². The Balaban J connectivity index is 1.50. The second-order valence-electron chi connectivity index (χ2n) is 8.80. The van der Waals surface area contributed by atoms with Crippen molar-refractivity contribution in [2.24, 2.45) is 0 Å². The third-order valence-corrected chi connectivity index (χ3v) is 6.37. The summed E-state index contributed by atoms with van der Waals surface area (Å²) < 4.78 is 61.7. The average Bonchev–Trinajstić information content (AvgIpc) is 2.86. The summed E-state index contributed by atoms with van der Waals surface area (Å²) in [6.07, 6.45) is 0.300. The normalized spacial score (nSPS) is 16.1. The van der Waals surface area contributed by atoms with Gasteiger partial charge in [0.2, 0.25) is 11.8 Å². The van der Waals surface area contributed by atoms with Gasteiger partial charge >= 0.3 is 0 Å². The largest absolute Gasteiger partial charge is 0.438 e. The molecule has 2 aliphatic rings. The van der Waals surface area contributed by atoms with Crippen LogP contribution in [0.15, 0.2) is 36.4 Å². The maximum Gasteiger partial charge on any atom is 0.260 e. The molecule has 36 heavy (non-hydrogen) atoms. The Morgan fingerprint density at radius 2 is 1.61 bits per heavy atom. The second kappa shape index (κ2) is 9.73. The highest BCUT2D eigenvalue weighted by Crippen LogP contribution is 2.33. The summed E-state index contributed by atoms with van der Waals surface area (Å²) in [4.78, 5) is 27.7. The zero-order valence-corrected chi connectivity index (χ0v) is 19.5. The van der Waals surface area contributed by atoms with Crippen LogP contribution in [0.1, 0.15) is 21.6 Å². The van der Waals surface area contributed by atoms with Crippen LogP contribution in [0.4, 0.5) is 23.5 Å². The Morgan fingerprint density at radius 1 is 0.889 bits per heavy atom. The van der Waals surface area contributed by atoms with Crippen LogP contribution in [0.5, 0.6) is 11.6 Å². The lowest BCUT2D eigenvalue weighted by molar-refractivity contribution is 0.0722. The van der Waals surface area contributed by atoms with Crippen LogP contribution in [0, 0.1) is 23.3 Å². The van der Waals surface area contributed by atoms with Crippen LogP contribution in [0.25, 0.3) is 0 Å². The number of amides is 1. The van der Waals surface area contributed by atoms with Gasteiger partial charge in [-0.1, -0.05) is 6.07 Å². The molecule has 0 spiro atoms. The highest BCUT2D eigenvalue weighted by atomic mass is 19.2. The molecule has 1 saturated heterocycles. The number of hydrogen-bond acceptors (Lipinski definition) is 6. The number of anilines is 1. The monoisotopic (exact) mass is 501 g/mol. The summed E-state index contributed by atoms with van der Waals surface area (Å²) in [6.45, 7) is 3.13. The number of benzene rings is 2. The predicted molar refractivity (Wildman–Crippen MR) is 123 cm³/mol. The smallest absolute Gasteiger partial charge is 0.260 e. The number of rotatable bonds is 4. The summed E-state index contributed by atoms with van der Waals surface area (Å²) in [5.41, 5.74) is 0.419. The SMILES string of the molecule is CN1CCN(c2nc3c(c(Oc4ccc(F)c(F)c4)n2)CN(C(=O)c2c(F)cccc2F)CC3)CC1. The van der Waals surface area contributed by atoms with Crippen LogP contribution in [0.2, 0.25) is 0 Å². The Labute approximate surface area is 204 Å². The van der Waals surface area contributed by atoms with E-state index in [1.54, 1.807) is 0 Å². The first-order chi connectivity index (χ1) is 17.3. The molecule has 188 valence electrons. The minimum Gasteiger partial charge on any atom is -0.438 e. The minimum absolute atomic E-state index is 0.0164. The van der Waals surface area contributed by atoms with Gasteiger partial charge < -0.3 is 19.4 Å². The number of halogens is 4. The standard InChI is InChI=1S/C25H23F4N5O2/c1-32-9-11-33(12-10-32)25-30-21-7-8-34(24(35)22-18(27)3-2-4-19(22)28)14-16(21)23(31-25)36-15-5-6-17(26)20(29)13-15/h2-6,13H,7-12,14H2,1H3. The van der Waals surface area contributed by atoms with E-state index in [-0.39, 0.29) is 24.7 Å². The van der Waals surface area contributed by atoms with Crippen molar-refractivity contribution in [1.82, 2.24) is 19.8 Å². The number of aromatic nitrogens is 2. The number of fused-ring (bicyclic) bond motifs is 1. The number of piperazine rings is 1. The van der Waals surface area contributed by atoms with Crippen molar-refractivity contribution in [3.8, 4) is 11.6 Å². The molecule has 2 aliphatic heterocycles. The van der Waals surface area contributed by atoms with Gasteiger partial charge in [0.15, 0.2) is 11.6 Å². The summed E-state index contributed by atoms with van der Waals surface area (Å²) in [5, 5.41) is 0. The van der Waals surface area contributed by atoms with Gasteiger partial charge in [0.25, 0.3) is 5.91 Å². The maximum absolute atomic E-state index is 14.3. The topological polar surface area (TPSA) is 61.8 Å². The molecule has 5 rings (SSSR count). The van der Waals surface area contributed by atoms with E-state index in [9.17, 15) is 22.4 Å². The van der Waals surface area contributed by atoms with E-state index >= 15 is 0 Å². The predicted octanol–water partition coefficient (Wildman–Crippen LogP) is 3.78. The Bertz CT molecular complexity index is 1290. The van der Waals surface area contributed by atoms with E-state index in [4.69, 9.17) is 9.72 Å². The molecule has 0 unspecified atom stereocenters. The average molecular weight is 501 g/mol. The lowest BCUT2D eigenvalue weighted by atomic mass is 10.0. The lowest BCUT2D eigenvalue weighted by Gasteiger charge is -2.34. The third-order valence-electron chi connectivity index (χ3n) is 6.37. The highest BCUT2D eigenvalue weighted by Gasteiger charge is 2.31. The van der Waals surface area contributed by atoms with E-state index in [1.807, 2.05) is 11.9 Å². The number of ether oxygens (including phenoxy) is 1. The van der Waals surface area contributed by atoms with Crippen LogP contribution < -0.4 is 9.64 Å². The molecule has 1 aromatic heterocycles. The number of carbonyl (C=O) groups excluding carboxylic acids is 1. The molecule has 0 bridgehead atoms. The summed E-state index contributed by atoms with van der Waals surface area (Å²) >= 11 is 0. The van der Waals surface area contributed by atoms with Gasteiger partial charge in [0, 0.05) is 45.2 Å². The number of hydrogen-bond donors (Lipinski definition) is 0. The van der Waals surface area contributed by atoms with Crippen molar-refractivity contribution in [3.05, 3.63) is 76.5 Å². The molecule has 0 atom stereocenters. The first-order valence-corrected chi connectivity index (χ1v) is 11.5. The zero-order chi connectivity index (χ0) is 25.4. The number of nitrogens with zero attached hydrogens (tertiary/aromatic N) is 5. The molecule has 1 amide bonds. The van der Waals surface area contributed by atoms with Crippen molar-refractivity contribution in [3.63, 3.8) is 0 Å². The summed E-state index contributed by atoms with van der Waals surface area (Å²) in [5.74, 6) is -4.29. The van der Waals surface area contributed by atoms with E-state index < -0.39 is 34.7 Å². The fraction of sp³-hybridized carbons (Fsp3) is 0.320. The Kier molecular flexibility index (Phi) is 6.48. The summed E-state index contributed by atoms with van der Waals surface area (Å²) in [7, 11) is 2.02. The van der Waals surface area contributed by atoms with Crippen molar-refractivity contribution >= 4 is 11.9 Å². The minimum atomic E-state index is -1.08. The van der Waals surface area contributed by atoms with E-state index in [2.05, 4.69) is 9.88 Å². The molecule has 3 aromatic rings. The molecule has 1 fully saturated rings. The summed E-state index contributed by atoms with van der Waals surface area (Å²) in [6, 6.07) is 6.35. The molecule has 0 radical (unpaired) electrons. The molecule has 0 aliphatic carbocycles. The van der Waals surface area contributed by atoms with E-state index in [1.165, 1.54) is 17.0 Å². The zero-order valence-electron chi connectivity index (χ0n) is 19.5. The van der Waals surface area contributed by atoms with Crippen LogP contribution in [0.3, 0.4) is 0 Å². The molecular formula is C25H23F4N5O2. The van der Waals surface area contributed by atoms with Crippen LogP contribution in [-0.4, -0.2) is 65.4 Å². The molecule has 7 nitrogen and oxygen atoms in total. The highest BCUT2D eigenvalue weighted by molar-refractivity contribution is 5.95. The molecule has 3 heterocycles. The number of likely N-dealkylation sites (N-methyl/N-ethyl adjacent to an activating group) is 1. The van der Waals surface area contributed by atoms with Gasteiger partial charge in [-0.25, -0.2) is 22.5 Å². The second-order valence-corrected chi connectivity index (χ2v) is 8.80. The fourth-order valence-corrected chi connectivity index (χ4v) is 4.29. The maximum atomic E-state index is 14.3. The first-order valence-electron chi connectivity index (χ1n) is 11.5. The van der Waals surface area contributed by atoms with Crippen molar-refractivity contribution in [2.45, 2.75) is 13.0 Å². The van der Waals surface area contributed by atoms with Crippen molar-refractivity contribution < 1.29 is 27.1 Å². The van der Waals surface area contributed by atoms with E-state index in [0.29, 0.717) is 36.7 Å². The lowest BCUT2D eigenvalue weighted by Crippen LogP contribution is -2.45.